The lowest BCUT2D eigenvalue weighted by Gasteiger charge is -2.23. The van der Waals surface area contributed by atoms with Gasteiger partial charge in [0.05, 0.1) is 7.11 Å². The molecule has 0 bridgehead atoms. The summed E-state index contributed by atoms with van der Waals surface area (Å²) in [4.78, 5) is 2.56. The Morgan fingerprint density at radius 2 is 2.25 bits per heavy atom. The highest BCUT2D eigenvalue weighted by atomic mass is 16.5. The molecule has 0 aliphatic carbocycles. The lowest BCUT2D eigenvalue weighted by Crippen LogP contribution is -2.26. The molecule has 0 amide bonds. The van der Waals surface area contributed by atoms with Crippen LogP contribution in [0.3, 0.4) is 0 Å². The molecular formula is C17H28N2O. The third-order valence-electron chi connectivity index (χ3n) is 4.38. The van der Waals surface area contributed by atoms with Gasteiger partial charge in [-0.2, -0.15) is 0 Å². The van der Waals surface area contributed by atoms with Crippen molar-refractivity contribution in [1.82, 2.24) is 10.2 Å². The van der Waals surface area contributed by atoms with E-state index in [2.05, 4.69) is 49.2 Å². The molecule has 1 heterocycles. The first-order valence-corrected chi connectivity index (χ1v) is 7.80. The van der Waals surface area contributed by atoms with E-state index in [0.717, 1.165) is 18.8 Å². The van der Waals surface area contributed by atoms with Crippen LogP contribution in [0.25, 0.3) is 0 Å². The van der Waals surface area contributed by atoms with Crippen LogP contribution in [0.1, 0.15) is 50.8 Å². The van der Waals surface area contributed by atoms with Crippen molar-refractivity contribution in [3.05, 3.63) is 29.3 Å². The van der Waals surface area contributed by atoms with Crippen LogP contribution >= 0.6 is 0 Å². The molecule has 1 aromatic rings. The first-order valence-electron chi connectivity index (χ1n) is 7.80. The van der Waals surface area contributed by atoms with Crippen molar-refractivity contribution in [3.63, 3.8) is 0 Å². The van der Waals surface area contributed by atoms with Gasteiger partial charge in [0.25, 0.3) is 0 Å². The van der Waals surface area contributed by atoms with Gasteiger partial charge < -0.3 is 10.1 Å². The second-order valence-corrected chi connectivity index (χ2v) is 5.81. The molecule has 1 aliphatic heterocycles. The minimum Gasteiger partial charge on any atom is -0.496 e. The van der Waals surface area contributed by atoms with Crippen molar-refractivity contribution in [1.29, 1.82) is 0 Å². The molecule has 2 rings (SSSR count). The molecule has 0 spiro atoms. The van der Waals surface area contributed by atoms with E-state index >= 15 is 0 Å². The molecule has 1 saturated heterocycles. The first kappa shape index (κ1) is 15.3. The van der Waals surface area contributed by atoms with E-state index < -0.39 is 0 Å². The zero-order chi connectivity index (χ0) is 14.5. The Balaban J connectivity index is 2.17. The van der Waals surface area contributed by atoms with E-state index in [1.165, 1.54) is 30.5 Å². The van der Waals surface area contributed by atoms with Crippen LogP contribution in [0.5, 0.6) is 5.75 Å². The molecule has 1 N–H and O–H groups in total. The maximum absolute atomic E-state index is 5.54. The molecule has 3 heteroatoms. The summed E-state index contributed by atoms with van der Waals surface area (Å²) in [6, 6.07) is 7.66. The second-order valence-electron chi connectivity index (χ2n) is 5.81. The minimum absolute atomic E-state index is 0.389. The van der Waals surface area contributed by atoms with Gasteiger partial charge in [0, 0.05) is 24.2 Å². The summed E-state index contributed by atoms with van der Waals surface area (Å²) >= 11 is 0. The van der Waals surface area contributed by atoms with Gasteiger partial charge in [0.1, 0.15) is 5.75 Å². The topological polar surface area (TPSA) is 24.5 Å². The Labute approximate surface area is 123 Å². The first-order chi connectivity index (χ1) is 9.65. The highest BCUT2D eigenvalue weighted by Gasteiger charge is 2.21. The molecule has 1 aromatic carbocycles. The molecule has 0 saturated carbocycles. The predicted octanol–water partition coefficient (Wildman–Crippen LogP) is 3.35. The van der Waals surface area contributed by atoms with Crippen molar-refractivity contribution in [3.8, 4) is 5.75 Å². The van der Waals surface area contributed by atoms with Gasteiger partial charge in [0.2, 0.25) is 0 Å². The quantitative estimate of drug-likeness (QED) is 0.862. The Bertz CT molecular complexity index is 433. The number of hydrogen-bond acceptors (Lipinski definition) is 3. The maximum atomic E-state index is 5.54. The molecule has 20 heavy (non-hydrogen) atoms. The minimum atomic E-state index is 0.389. The molecule has 2 atom stereocenters. The Morgan fingerprint density at radius 1 is 1.45 bits per heavy atom. The predicted molar refractivity (Wildman–Crippen MR) is 84.2 cm³/mol. The smallest absolute Gasteiger partial charge is 0.123 e. The van der Waals surface area contributed by atoms with E-state index in [9.17, 15) is 0 Å². The van der Waals surface area contributed by atoms with E-state index in [1.54, 1.807) is 7.11 Å². The van der Waals surface area contributed by atoms with Gasteiger partial charge in [-0.05, 0) is 57.5 Å². The maximum Gasteiger partial charge on any atom is 0.123 e. The number of ether oxygens (including phenoxy) is 1. The molecule has 112 valence electrons. The summed E-state index contributed by atoms with van der Waals surface area (Å²) in [5, 5.41) is 3.47. The van der Waals surface area contributed by atoms with Gasteiger partial charge in [-0.15, -0.1) is 0 Å². The number of nitrogens with one attached hydrogen (secondary N) is 1. The van der Waals surface area contributed by atoms with Crippen LogP contribution in [0.2, 0.25) is 0 Å². The fourth-order valence-corrected chi connectivity index (χ4v) is 3.06. The largest absolute Gasteiger partial charge is 0.496 e. The zero-order valence-corrected chi connectivity index (χ0v) is 13.3. The Hall–Kier alpha value is -1.06. The lowest BCUT2D eigenvalue weighted by atomic mass is 10.0. The number of rotatable bonds is 6. The average Bonchev–Trinajstić information content (AvgIpc) is 2.84. The third kappa shape index (κ3) is 3.53. The van der Waals surface area contributed by atoms with Crippen LogP contribution in [0, 0.1) is 0 Å². The SMILES string of the molecule is CCNC(C)c1ccc(OC)c(CN2CCCC2C)c1. The number of likely N-dealkylation sites (tertiary alicyclic amines) is 1. The molecule has 1 fully saturated rings. The van der Waals surface area contributed by atoms with Gasteiger partial charge in [-0.3, -0.25) is 4.90 Å². The van der Waals surface area contributed by atoms with Gasteiger partial charge >= 0.3 is 0 Å². The van der Waals surface area contributed by atoms with Crippen molar-refractivity contribution in [2.45, 2.75) is 52.2 Å². The number of benzene rings is 1. The Morgan fingerprint density at radius 3 is 2.85 bits per heavy atom. The monoisotopic (exact) mass is 276 g/mol. The number of methoxy groups -OCH3 is 1. The van der Waals surface area contributed by atoms with Crippen LogP contribution in [-0.4, -0.2) is 31.1 Å². The average molecular weight is 276 g/mol. The highest BCUT2D eigenvalue weighted by Crippen LogP contribution is 2.27. The van der Waals surface area contributed by atoms with E-state index in [4.69, 9.17) is 4.74 Å². The highest BCUT2D eigenvalue weighted by molar-refractivity contribution is 5.38. The van der Waals surface area contributed by atoms with Crippen LogP contribution in [0.4, 0.5) is 0 Å². The van der Waals surface area contributed by atoms with E-state index in [0.29, 0.717) is 12.1 Å². The lowest BCUT2D eigenvalue weighted by molar-refractivity contribution is 0.256. The molecule has 2 unspecified atom stereocenters. The van der Waals surface area contributed by atoms with Crippen LogP contribution in [0.15, 0.2) is 18.2 Å². The standard InChI is InChI=1S/C17H28N2O/c1-5-18-14(3)15-8-9-17(20-4)16(11-15)12-19-10-6-7-13(19)2/h8-9,11,13-14,18H,5-7,10,12H2,1-4H3. The van der Waals surface area contributed by atoms with Crippen LogP contribution < -0.4 is 10.1 Å². The van der Waals surface area contributed by atoms with Crippen molar-refractivity contribution in [2.75, 3.05) is 20.2 Å². The molecule has 1 aliphatic rings. The molecular weight excluding hydrogens is 248 g/mol. The van der Waals surface area contributed by atoms with E-state index in [-0.39, 0.29) is 0 Å². The van der Waals surface area contributed by atoms with Crippen LogP contribution in [-0.2, 0) is 6.54 Å². The molecule has 3 nitrogen and oxygen atoms in total. The number of hydrogen-bond donors (Lipinski definition) is 1. The summed E-state index contributed by atoms with van der Waals surface area (Å²) in [7, 11) is 1.76. The summed E-state index contributed by atoms with van der Waals surface area (Å²) in [5.41, 5.74) is 2.65. The van der Waals surface area contributed by atoms with Gasteiger partial charge in [-0.25, -0.2) is 0 Å². The summed E-state index contributed by atoms with van der Waals surface area (Å²) in [5.74, 6) is 1.01. The normalized spacial score (nSPS) is 21.1. The van der Waals surface area contributed by atoms with Crippen molar-refractivity contribution >= 4 is 0 Å². The third-order valence-corrected chi connectivity index (χ3v) is 4.38. The van der Waals surface area contributed by atoms with Crippen molar-refractivity contribution in [2.24, 2.45) is 0 Å². The fraction of sp³-hybridized carbons (Fsp3) is 0.647. The van der Waals surface area contributed by atoms with Crippen molar-refractivity contribution < 1.29 is 4.74 Å². The van der Waals surface area contributed by atoms with Gasteiger partial charge in [-0.1, -0.05) is 13.0 Å². The molecule has 0 aromatic heterocycles. The summed E-state index contributed by atoms with van der Waals surface area (Å²) in [6.07, 6.45) is 2.63. The number of nitrogens with zero attached hydrogens (tertiary/aromatic N) is 1. The Kier molecular flexibility index (Phi) is 5.44. The second kappa shape index (κ2) is 7.09. The molecule has 0 radical (unpaired) electrons. The summed E-state index contributed by atoms with van der Waals surface area (Å²) in [6.45, 7) is 9.88. The summed E-state index contributed by atoms with van der Waals surface area (Å²) < 4.78 is 5.54. The fourth-order valence-electron chi connectivity index (χ4n) is 3.06. The zero-order valence-electron chi connectivity index (χ0n) is 13.3. The van der Waals surface area contributed by atoms with Gasteiger partial charge in [0.15, 0.2) is 0 Å². The van der Waals surface area contributed by atoms with E-state index in [1.807, 2.05) is 0 Å².